The molecule has 24 heavy (non-hydrogen) atoms. The van der Waals surface area contributed by atoms with Crippen LogP contribution in [-0.2, 0) is 11.2 Å². The quantitative estimate of drug-likeness (QED) is 0.799. The Labute approximate surface area is 144 Å². The lowest BCUT2D eigenvalue weighted by atomic mass is 9.94. The molecule has 1 amide bonds. The molecule has 134 valence electrons. The molecule has 1 saturated heterocycles. The maximum absolute atomic E-state index is 12.3. The second-order valence-electron chi connectivity index (χ2n) is 6.52. The van der Waals surface area contributed by atoms with E-state index in [9.17, 15) is 9.90 Å². The molecule has 1 aliphatic rings. The molecule has 0 spiro atoms. The Balaban J connectivity index is 1.77. The van der Waals surface area contributed by atoms with Crippen molar-refractivity contribution >= 4 is 5.91 Å². The van der Waals surface area contributed by atoms with E-state index in [1.54, 1.807) is 4.90 Å². The molecule has 2 N–H and O–H groups in total. The second-order valence-corrected chi connectivity index (χ2v) is 6.52. The van der Waals surface area contributed by atoms with Gasteiger partial charge in [-0.25, -0.2) is 0 Å². The number of aliphatic hydroxyl groups is 2. The SMILES string of the molecule is CCOc1ccc(CCCC(=O)N2CC[C@H](CO)[C@@H](O)C2)cc1C. The van der Waals surface area contributed by atoms with Crippen LogP contribution < -0.4 is 4.74 Å². The minimum absolute atomic E-state index is 0.0136. The Bertz CT molecular complexity index is 546. The summed E-state index contributed by atoms with van der Waals surface area (Å²) in [7, 11) is 0. The number of likely N-dealkylation sites (tertiary alicyclic amines) is 1. The molecule has 0 aromatic heterocycles. The number of carbonyl (C=O) groups excluding carboxylic acids is 1. The fourth-order valence-electron chi connectivity index (χ4n) is 3.21. The summed E-state index contributed by atoms with van der Waals surface area (Å²) < 4.78 is 5.54. The van der Waals surface area contributed by atoms with Crippen molar-refractivity contribution in [3.63, 3.8) is 0 Å². The number of aliphatic hydroxyl groups excluding tert-OH is 2. The van der Waals surface area contributed by atoms with Gasteiger partial charge in [0, 0.05) is 32.0 Å². The van der Waals surface area contributed by atoms with Gasteiger partial charge in [0.05, 0.1) is 12.7 Å². The van der Waals surface area contributed by atoms with Crippen LogP contribution in [0.2, 0.25) is 0 Å². The Kier molecular flexibility index (Phi) is 7.06. The Morgan fingerprint density at radius 1 is 1.42 bits per heavy atom. The fourth-order valence-corrected chi connectivity index (χ4v) is 3.21. The van der Waals surface area contributed by atoms with Gasteiger partial charge in [0.15, 0.2) is 0 Å². The van der Waals surface area contributed by atoms with E-state index < -0.39 is 6.10 Å². The third-order valence-corrected chi connectivity index (χ3v) is 4.70. The third kappa shape index (κ3) is 4.95. The van der Waals surface area contributed by atoms with Crippen LogP contribution in [0.1, 0.15) is 37.3 Å². The number of carbonyl (C=O) groups is 1. The lowest BCUT2D eigenvalue weighted by molar-refractivity contribution is -0.136. The zero-order chi connectivity index (χ0) is 17.5. The number of benzene rings is 1. The number of hydrogen-bond donors (Lipinski definition) is 2. The minimum Gasteiger partial charge on any atom is -0.494 e. The number of aryl methyl sites for hydroxylation is 2. The number of hydrogen-bond acceptors (Lipinski definition) is 4. The number of β-amino-alcohol motifs (C(OH)–C–C–N with tert-alkyl or cyclic N) is 1. The smallest absolute Gasteiger partial charge is 0.222 e. The van der Waals surface area contributed by atoms with Crippen LogP contribution in [0.15, 0.2) is 18.2 Å². The van der Waals surface area contributed by atoms with Crippen LogP contribution in [0.25, 0.3) is 0 Å². The summed E-state index contributed by atoms with van der Waals surface area (Å²) in [6.45, 7) is 5.62. The van der Waals surface area contributed by atoms with Gasteiger partial charge in [-0.1, -0.05) is 12.1 Å². The molecule has 1 aromatic rings. The standard InChI is InChI=1S/C19H29NO4/c1-3-24-18-8-7-15(11-14(18)2)5-4-6-19(23)20-10-9-16(13-21)17(22)12-20/h7-8,11,16-17,21-22H,3-6,9-10,12-13H2,1-2H3/t16-,17+/m1/s1. The van der Waals surface area contributed by atoms with Crippen molar-refractivity contribution < 1.29 is 19.7 Å². The van der Waals surface area contributed by atoms with Gasteiger partial charge in [-0.3, -0.25) is 4.79 Å². The third-order valence-electron chi connectivity index (χ3n) is 4.70. The van der Waals surface area contributed by atoms with Crippen LogP contribution in [0.3, 0.4) is 0 Å². The van der Waals surface area contributed by atoms with Gasteiger partial charge < -0.3 is 19.8 Å². The van der Waals surface area contributed by atoms with E-state index in [0.29, 0.717) is 32.5 Å². The van der Waals surface area contributed by atoms with Crippen LogP contribution >= 0.6 is 0 Å². The summed E-state index contributed by atoms with van der Waals surface area (Å²) in [5, 5.41) is 19.1. The maximum Gasteiger partial charge on any atom is 0.222 e. The van der Waals surface area contributed by atoms with E-state index in [0.717, 1.165) is 24.2 Å². The zero-order valence-corrected chi connectivity index (χ0v) is 14.7. The molecule has 2 atom stereocenters. The zero-order valence-electron chi connectivity index (χ0n) is 14.7. The van der Waals surface area contributed by atoms with Crippen molar-refractivity contribution in [3.8, 4) is 5.75 Å². The first-order valence-corrected chi connectivity index (χ1v) is 8.84. The predicted molar refractivity (Wildman–Crippen MR) is 93.1 cm³/mol. The predicted octanol–water partition coefficient (Wildman–Crippen LogP) is 1.92. The van der Waals surface area contributed by atoms with E-state index in [2.05, 4.69) is 12.1 Å². The van der Waals surface area contributed by atoms with Crippen molar-refractivity contribution in [1.82, 2.24) is 4.90 Å². The summed E-state index contributed by atoms with van der Waals surface area (Å²) in [5.41, 5.74) is 2.33. The van der Waals surface area contributed by atoms with Gasteiger partial charge >= 0.3 is 0 Å². The minimum atomic E-state index is -0.610. The summed E-state index contributed by atoms with van der Waals surface area (Å²) in [6, 6.07) is 6.16. The number of rotatable bonds is 7. The molecule has 0 saturated carbocycles. The summed E-state index contributed by atoms with van der Waals surface area (Å²) in [6.07, 6.45) is 2.20. The van der Waals surface area contributed by atoms with E-state index in [4.69, 9.17) is 9.84 Å². The molecule has 0 aliphatic carbocycles. The van der Waals surface area contributed by atoms with Gasteiger partial charge in [-0.15, -0.1) is 0 Å². The summed E-state index contributed by atoms with van der Waals surface area (Å²) in [4.78, 5) is 14.0. The average molecular weight is 335 g/mol. The Hall–Kier alpha value is -1.59. The van der Waals surface area contributed by atoms with E-state index in [1.807, 2.05) is 19.9 Å². The van der Waals surface area contributed by atoms with Crippen LogP contribution in [0.4, 0.5) is 0 Å². The monoisotopic (exact) mass is 335 g/mol. The van der Waals surface area contributed by atoms with Gasteiger partial charge in [0.2, 0.25) is 5.91 Å². The van der Waals surface area contributed by atoms with Crippen LogP contribution in [-0.4, -0.2) is 53.4 Å². The van der Waals surface area contributed by atoms with E-state index in [-0.39, 0.29) is 18.4 Å². The van der Waals surface area contributed by atoms with E-state index >= 15 is 0 Å². The summed E-state index contributed by atoms with van der Waals surface area (Å²) in [5.74, 6) is 0.909. The molecule has 1 fully saturated rings. The molecule has 0 radical (unpaired) electrons. The molecule has 1 heterocycles. The van der Waals surface area contributed by atoms with Crippen molar-refractivity contribution in [1.29, 1.82) is 0 Å². The lowest BCUT2D eigenvalue weighted by Crippen LogP contribution is -2.47. The molecule has 2 rings (SSSR count). The molecule has 1 aliphatic heterocycles. The number of piperidine rings is 1. The fraction of sp³-hybridized carbons (Fsp3) is 0.632. The van der Waals surface area contributed by atoms with Crippen molar-refractivity contribution in [2.24, 2.45) is 5.92 Å². The Morgan fingerprint density at radius 2 is 2.21 bits per heavy atom. The van der Waals surface area contributed by atoms with Gasteiger partial charge in [-0.05, 0) is 50.3 Å². The molecule has 1 aromatic carbocycles. The van der Waals surface area contributed by atoms with Gasteiger partial charge in [0.1, 0.15) is 5.75 Å². The normalized spacial score (nSPS) is 20.9. The van der Waals surface area contributed by atoms with Crippen LogP contribution in [0.5, 0.6) is 5.75 Å². The number of ether oxygens (including phenoxy) is 1. The lowest BCUT2D eigenvalue weighted by Gasteiger charge is -2.35. The molecule has 5 heteroatoms. The van der Waals surface area contributed by atoms with Crippen molar-refractivity contribution in [2.75, 3.05) is 26.3 Å². The van der Waals surface area contributed by atoms with E-state index in [1.165, 1.54) is 5.56 Å². The summed E-state index contributed by atoms with van der Waals surface area (Å²) >= 11 is 0. The molecular weight excluding hydrogens is 306 g/mol. The number of nitrogens with zero attached hydrogens (tertiary/aromatic N) is 1. The van der Waals surface area contributed by atoms with Gasteiger partial charge in [0.25, 0.3) is 0 Å². The topological polar surface area (TPSA) is 70.0 Å². The van der Waals surface area contributed by atoms with Crippen molar-refractivity contribution in [2.45, 2.75) is 45.6 Å². The van der Waals surface area contributed by atoms with Crippen LogP contribution in [0, 0.1) is 12.8 Å². The first kappa shape index (κ1) is 18.7. The largest absolute Gasteiger partial charge is 0.494 e. The second kappa shape index (κ2) is 9.04. The highest BCUT2D eigenvalue weighted by Crippen LogP contribution is 2.21. The highest BCUT2D eigenvalue weighted by Gasteiger charge is 2.29. The molecular formula is C19H29NO4. The first-order chi connectivity index (χ1) is 11.5. The maximum atomic E-state index is 12.3. The highest BCUT2D eigenvalue weighted by molar-refractivity contribution is 5.76. The highest BCUT2D eigenvalue weighted by atomic mass is 16.5. The average Bonchev–Trinajstić information content (AvgIpc) is 2.57. The van der Waals surface area contributed by atoms with Crippen molar-refractivity contribution in [3.05, 3.63) is 29.3 Å². The molecule has 0 bridgehead atoms. The number of amides is 1. The van der Waals surface area contributed by atoms with Gasteiger partial charge in [-0.2, -0.15) is 0 Å². The molecule has 5 nitrogen and oxygen atoms in total. The Morgan fingerprint density at radius 3 is 2.83 bits per heavy atom. The molecule has 0 unspecified atom stereocenters. The first-order valence-electron chi connectivity index (χ1n) is 8.84.